The minimum atomic E-state index is -0.401. The second-order valence-electron chi connectivity index (χ2n) is 5.69. The number of rotatable bonds is 2. The number of fused-ring (bicyclic) bond motifs is 2. The molecule has 0 bridgehead atoms. The first kappa shape index (κ1) is 14.3. The molecule has 4 aromatic rings. The lowest BCUT2D eigenvalue weighted by molar-refractivity contribution is 0.102. The zero-order valence-corrected chi connectivity index (χ0v) is 12.9. The van der Waals surface area contributed by atoms with E-state index in [0.29, 0.717) is 16.8 Å². The van der Waals surface area contributed by atoms with Crippen molar-refractivity contribution in [3.63, 3.8) is 0 Å². The Bertz CT molecular complexity index is 1140. The molecule has 0 saturated heterocycles. The van der Waals surface area contributed by atoms with E-state index in [1.165, 1.54) is 6.07 Å². The molecule has 5 nitrogen and oxygen atoms in total. The summed E-state index contributed by atoms with van der Waals surface area (Å²) in [4.78, 5) is 27.0. The van der Waals surface area contributed by atoms with Crippen LogP contribution >= 0.6 is 0 Å². The zero-order valence-electron chi connectivity index (χ0n) is 12.9. The summed E-state index contributed by atoms with van der Waals surface area (Å²) in [5, 5.41) is 4.66. The third-order valence-electron chi connectivity index (χ3n) is 4.02. The van der Waals surface area contributed by atoms with Crippen molar-refractivity contribution in [2.45, 2.75) is 6.92 Å². The lowest BCUT2D eigenvalue weighted by atomic mass is 10.1. The van der Waals surface area contributed by atoms with E-state index in [1.54, 1.807) is 18.2 Å². The Hall–Kier alpha value is -3.34. The number of hydrogen-bond acceptors (Lipinski definition) is 3. The van der Waals surface area contributed by atoms with Crippen LogP contribution in [-0.2, 0) is 0 Å². The second-order valence-corrected chi connectivity index (χ2v) is 5.69. The van der Waals surface area contributed by atoms with Crippen molar-refractivity contribution in [1.29, 1.82) is 0 Å². The van der Waals surface area contributed by atoms with Crippen LogP contribution in [0.3, 0.4) is 0 Å². The molecule has 118 valence electrons. The maximum absolute atomic E-state index is 12.4. The molecular weight excluding hydrogens is 304 g/mol. The third-order valence-corrected chi connectivity index (χ3v) is 4.02. The molecule has 0 aliphatic rings. The number of hydrogen-bond donors (Lipinski definition) is 2. The van der Waals surface area contributed by atoms with Gasteiger partial charge in [-0.3, -0.25) is 4.79 Å². The number of carbonyl (C=O) groups is 1. The van der Waals surface area contributed by atoms with E-state index >= 15 is 0 Å². The fourth-order valence-corrected chi connectivity index (χ4v) is 2.80. The average Bonchev–Trinajstić information content (AvgIpc) is 3.01. The monoisotopic (exact) mass is 318 g/mol. The first-order valence-corrected chi connectivity index (χ1v) is 7.53. The Kier molecular flexibility index (Phi) is 3.20. The van der Waals surface area contributed by atoms with E-state index in [0.717, 1.165) is 21.9 Å². The molecule has 0 aliphatic heterocycles. The van der Waals surface area contributed by atoms with Crippen LogP contribution in [0.5, 0.6) is 0 Å². The number of aromatic amines is 1. The van der Waals surface area contributed by atoms with Gasteiger partial charge >= 0.3 is 5.63 Å². The molecule has 24 heavy (non-hydrogen) atoms. The van der Waals surface area contributed by atoms with Gasteiger partial charge in [-0.25, -0.2) is 4.79 Å². The number of H-pyrrole nitrogens is 1. The van der Waals surface area contributed by atoms with Gasteiger partial charge in [0.2, 0.25) is 0 Å². The SMILES string of the molecule is Cc1cc(=O)oc2cc(NC(=O)c3ccc4[nH]ccc4c3)ccc12. The molecule has 0 atom stereocenters. The van der Waals surface area contributed by atoms with Crippen molar-refractivity contribution >= 4 is 33.5 Å². The molecule has 2 heterocycles. The molecule has 0 radical (unpaired) electrons. The van der Waals surface area contributed by atoms with E-state index < -0.39 is 5.63 Å². The minimum Gasteiger partial charge on any atom is -0.423 e. The summed E-state index contributed by atoms with van der Waals surface area (Å²) in [6.07, 6.45) is 1.83. The van der Waals surface area contributed by atoms with Crippen molar-refractivity contribution in [2.24, 2.45) is 0 Å². The summed E-state index contributed by atoms with van der Waals surface area (Å²) in [7, 11) is 0. The summed E-state index contributed by atoms with van der Waals surface area (Å²) in [5.74, 6) is -0.215. The van der Waals surface area contributed by atoms with E-state index in [4.69, 9.17) is 4.42 Å². The van der Waals surface area contributed by atoms with Crippen LogP contribution in [0.1, 0.15) is 15.9 Å². The lowest BCUT2D eigenvalue weighted by Gasteiger charge is -2.07. The number of anilines is 1. The predicted octanol–water partition coefficient (Wildman–Crippen LogP) is 3.84. The number of nitrogens with one attached hydrogen (secondary N) is 2. The molecular formula is C19H14N2O3. The standard InChI is InChI=1S/C19H14N2O3/c1-11-8-18(22)24-17-10-14(3-4-15(11)17)21-19(23)13-2-5-16-12(9-13)6-7-20-16/h2-10,20H,1H3,(H,21,23). The van der Waals surface area contributed by atoms with Gasteiger partial charge in [-0.05, 0) is 48.9 Å². The Morgan fingerprint density at radius 1 is 1.08 bits per heavy atom. The van der Waals surface area contributed by atoms with Gasteiger partial charge in [-0.15, -0.1) is 0 Å². The fraction of sp³-hybridized carbons (Fsp3) is 0.0526. The van der Waals surface area contributed by atoms with Crippen molar-refractivity contribution < 1.29 is 9.21 Å². The third kappa shape index (κ3) is 2.46. The molecule has 4 rings (SSSR count). The Morgan fingerprint density at radius 3 is 2.83 bits per heavy atom. The molecule has 2 aromatic heterocycles. The number of benzene rings is 2. The van der Waals surface area contributed by atoms with Gasteiger partial charge < -0.3 is 14.7 Å². The normalized spacial score (nSPS) is 11.0. The van der Waals surface area contributed by atoms with Crippen LogP contribution in [-0.4, -0.2) is 10.9 Å². The van der Waals surface area contributed by atoms with Crippen LogP contribution in [0.2, 0.25) is 0 Å². The molecule has 0 saturated carbocycles. The van der Waals surface area contributed by atoms with Crippen LogP contribution in [0.15, 0.2) is 63.9 Å². The number of aromatic nitrogens is 1. The summed E-state index contributed by atoms with van der Waals surface area (Å²) in [6.45, 7) is 1.85. The van der Waals surface area contributed by atoms with Gasteiger partial charge in [-0.2, -0.15) is 0 Å². The highest BCUT2D eigenvalue weighted by Gasteiger charge is 2.09. The Balaban J connectivity index is 1.67. The van der Waals surface area contributed by atoms with Crippen molar-refractivity contribution in [2.75, 3.05) is 5.32 Å². The van der Waals surface area contributed by atoms with E-state index in [9.17, 15) is 9.59 Å². The average molecular weight is 318 g/mol. The summed E-state index contributed by atoms with van der Waals surface area (Å²) in [6, 6.07) is 14.1. The predicted molar refractivity (Wildman–Crippen MR) is 93.5 cm³/mol. The maximum Gasteiger partial charge on any atom is 0.336 e. The Morgan fingerprint density at radius 2 is 1.96 bits per heavy atom. The second kappa shape index (κ2) is 5.38. The topological polar surface area (TPSA) is 75.1 Å². The first-order chi connectivity index (χ1) is 11.6. The van der Waals surface area contributed by atoms with Crippen LogP contribution in [0.25, 0.3) is 21.9 Å². The van der Waals surface area contributed by atoms with Crippen LogP contribution in [0.4, 0.5) is 5.69 Å². The molecule has 2 N–H and O–H groups in total. The summed E-state index contributed by atoms with van der Waals surface area (Å²) >= 11 is 0. The molecule has 0 spiro atoms. The summed E-state index contributed by atoms with van der Waals surface area (Å²) < 4.78 is 5.21. The van der Waals surface area contributed by atoms with Crippen molar-refractivity contribution in [3.05, 3.63) is 76.3 Å². The van der Waals surface area contributed by atoms with Gasteiger partial charge in [0.25, 0.3) is 5.91 Å². The zero-order chi connectivity index (χ0) is 16.7. The quantitative estimate of drug-likeness (QED) is 0.551. The maximum atomic E-state index is 12.4. The van der Waals surface area contributed by atoms with E-state index in [2.05, 4.69) is 10.3 Å². The smallest absolute Gasteiger partial charge is 0.336 e. The highest BCUT2D eigenvalue weighted by atomic mass is 16.4. The van der Waals surface area contributed by atoms with Crippen molar-refractivity contribution in [1.82, 2.24) is 4.98 Å². The fourth-order valence-electron chi connectivity index (χ4n) is 2.80. The Labute approximate surface area is 136 Å². The number of amides is 1. The molecule has 2 aromatic carbocycles. The van der Waals surface area contributed by atoms with Crippen LogP contribution < -0.4 is 10.9 Å². The minimum absolute atomic E-state index is 0.215. The van der Waals surface area contributed by atoms with Gasteiger partial charge in [0.05, 0.1) is 0 Å². The molecule has 1 amide bonds. The van der Waals surface area contributed by atoms with Gasteiger partial charge in [0.1, 0.15) is 5.58 Å². The molecule has 5 heteroatoms. The molecule has 0 fully saturated rings. The first-order valence-electron chi connectivity index (χ1n) is 7.53. The van der Waals surface area contributed by atoms with Crippen LogP contribution in [0, 0.1) is 6.92 Å². The van der Waals surface area contributed by atoms with E-state index in [1.807, 2.05) is 37.4 Å². The van der Waals surface area contributed by atoms with Gasteiger partial charge in [-0.1, -0.05) is 0 Å². The molecule has 0 unspecified atom stereocenters. The van der Waals surface area contributed by atoms with Crippen molar-refractivity contribution in [3.8, 4) is 0 Å². The van der Waals surface area contributed by atoms with Gasteiger partial charge in [0.15, 0.2) is 0 Å². The lowest BCUT2D eigenvalue weighted by Crippen LogP contribution is -2.11. The number of carbonyl (C=O) groups excluding carboxylic acids is 1. The van der Waals surface area contributed by atoms with E-state index in [-0.39, 0.29) is 5.91 Å². The molecule has 0 aliphatic carbocycles. The van der Waals surface area contributed by atoms with Gasteiger partial charge in [0, 0.05) is 45.9 Å². The highest BCUT2D eigenvalue weighted by Crippen LogP contribution is 2.22. The highest BCUT2D eigenvalue weighted by molar-refractivity contribution is 6.06. The summed E-state index contributed by atoms with van der Waals surface area (Å²) in [5.41, 5.74) is 3.02. The number of aryl methyl sites for hydroxylation is 1. The largest absolute Gasteiger partial charge is 0.423 e.